The van der Waals surface area contributed by atoms with Crippen LogP contribution >= 0.6 is 0 Å². The number of rotatable bonds is 6. The van der Waals surface area contributed by atoms with Crippen molar-refractivity contribution in [3.63, 3.8) is 0 Å². The van der Waals surface area contributed by atoms with E-state index in [0.717, 1.165) is 11.3 Å². The molecular weight excluding hydrogens is 292 g/mol. The van der Waals surface area contributed by atoms with E-state index >= 15 is 0 Å². The molecule has 2 aromatic heterocycles. The van der Waals surface area contributed by atoms with E-state index < -0.39 is 10.9 Å². The number of carbonyl (C=O) groups is 1. The van der Waals surface area contributed by atoms with Gasteiger partial charge in [-0.2, -0.15) is 14.9 Å². The molecule has 11 nitrogen and oxygen atoms in total. The number of amides is 1. The Morgan fingerprint density at radius 1 is 1.59 bits per heavy atom. The summed E-state index contributed by atoms with van der Waals surface area (Å²) in [5.41, 5.74) is 4.09. The maximum absolute atomic E-state index is 11.6. The number of hydrogen-bond acceptors (Lipinski definition) is 7. The maximum Gasteiger partial charge on any atom is 0.490 e. The summed E-state index contributed by atoms with van der Waals surface area (Å²) >= 11 is 0. The second-order valence-electron chi connectivity index (χ2n) is 4.42. The monoisotopic (exact) mass is 306 g/mol. The normalized spacial score (nSPS) is 11.0. The van der Waals surface area contributed by atoms with Crippen molar-refractivity contribution in [2.24, 2.45) is 12.1 Å². The van der Waals surface area contributed by atoms with E-state index in [1.54, 1.807) is 10.9 Å². The molecular formula is C11H14N8O3. The van der Waals surface area contributed by atoms with Crippen LogP contribution in [0.4, 0.5) is 5.95 Å². The van der Waals surface area contributed by atoms with E-state index in [0.29, 0.717) is 0 Å². The highest BCUT2D eigenvalue weighted by atomic mass is 16.6. The summed E-state index contributed by atoms with van der Waals surface area (Å²) < 4.78 is 2.92. The van der Waals surface area contributed by atoms with Gasteiger partial charge in [0, 0.05) is 29.8 Å². The number of nitrogens with zero attached hydrogens (tertiary/aromatic N) is 7. The summed E-state index contributed by atoms with van der Waals surface area (Å²) in [7, 11) is 1.81. The van der Waals surface area contributed by atoms with Crippen molar-refractivity contribution < 1.29 is 9.72 Å². The lowest BCUT2D eigenvalue weighted by Gasteiger charge is -1.98. The van der Waals surface area contributed by atoms with Gasteiger partial charge in [-0.05, 0) is 11.8 Å². The van der Waals surface area contributed by atoms with Crippen LogP contribution in [0, 0.1) is 17.0 Å². The quantitative estimate of drug-likeness (QED) is 0.445. The molecule has 22 heavy (non-hydrogen) atoms. The minimum absolute atomic E-state index is 0.0733. The van der Waals surface area contributed by atoms with E-state index in [9.17, 15) is 14.9 Å². The van der Waals surface area contributed by atoms with Gasteiger partial charge >= 0.3 is 5.95 Å². The van der Waals surface area contributed by atoms with Gasteiger partial charge in [0.1, 0.15) is 0 Å². The van der Waals surface area contributed by atoms with Crippen LogP contribution in [-0.2, 0) is 18.4 Å². The summed E-state index contributed by atoms with van der Waals surface area (Å²) in [6.07, 6.45) is 4.41. The van der Waals surface area contributed by atoms with Gasteiger partial charge < -0.3 is 10.1 Å². The van der Waals surface area contributed by atoms with Crippen LogP contribution in [0.3, 0.4) is 0 Å². The van der Waals surface area contributed by atoms with Gasteiger partial charge in [-0.3, -0.25) is 9.48 Å². The number of aryl methyl sites for hydroxylation is 2. The molecule has 0 spiro atoms. The standard InChI is InChI=1S/C11H14N8O3/c1-8-9(6-14-17(8)2)5-13-15-10(20)3-4-18-7-12-11(16-18)19(21)22/h5-7H,3-4H2,1-2H3,(H,15,20)/b13-5-. The Morgan fingerprint density at radius 2 is 2.36 bits per heavy atom. The average Bonchev–Trinajstić information content (AvgIpc) is 3.07. The average molecular weight is 306 g/mol. The van der Waals surface area contributed by atoms with Gasteiger partial charge in [0.15, 0.2) is 0 Å². The highest BCUT2D eigenvalue weighted by Gasteiger charge is 2.13. The molecule has 1 amide bonds. The molecule has 0 fully saturated rings. The van der Waals surface area contributed by atoms with Crippen LogP contribution in [0.1, 0.15) is 17.7 Å². The molecule has 0 aliphatic rings. The first-order valence-corrected chi connectivity index (χ1v) is 6.31. The third kappa shape index (κ3) is 3.71. The van der Waals surface area contributed by atoms with Crippen LogP contribution in [0.15, 0.2) is 17.6 Å². The number of carbonyl (C=O) groups excluding carboxylic acids is 1. The molecule has 0 radical (unpaired) electrons. The van der Waals surface area contributed by atoms with Gasteiger partial charge in [-0.25, -0.2) is 5.43 Å². The summed E-state index contributed by atoms with van der Waals surface area (Å²) in [5, 5.41) is 21.9. The number of hydrazone groups is 1. The largest absolute Gasteiger partial charge is 0.490 e. The Labute approximate surface area is 124 Å². The van der Waals surface area contributed by atoms with Gasteiger partial charge in [-0.1, -0.05) is 4.98 Å². The van der Waals surface area contributed by atoms with Crippen molar-refractivity contribution in [1.82, 2.24) is 30.0 Å². The first-order valence-electron chi connectivity index (χ1n) is 6.31. The lowest BCUT2D eigenvalue weighted by molar-refractivity contribution is -0.394. The predicted molar refractivity (Wildman–Crippen MR) is 75.0 cm³/mol. The van der Waals surface area contributed by atoms with Crippen LogP contribution in [0.5, 0.6) is 0 Å². The Balaban J connectivity index is 1.80. The number of hydrogen-bond donors (Lipinski definition) is 1. The van der Waals surface area contributed by atoms with E-state index in [2.05, 4.69) is 25.7 Å². The number of nitro groups is 1. The molecule has 2 heterocycles. The highest BCUT2D eigenvalue weighted by molar-refractivity contribution is 5.83. The first-order chi connectivity index (χ1) is 10.5. The zero-order valence-corrected chi connectivity index (χ0v) is 12.0. The lowest BCUT2D eigenvalue weighted by atomic mass is 10.3. The molecule has 116 valence electrons. The van der Waals surface area contributed by atoms with Crippen LogP contribution < -0.4 is 5.43 Å². The zero-order chi connectivity index (χ0) is 16.1. The van der Waals surface area contributed by atoms with Gasteiger partial charge in [0.25, 0.3) is 0 Å². The second kappa shape index (κ2) is 6.56. The predicted octanol–water partition coefficient (Wildman–Crippen LogP) is -0.231. The van der Waals surface area contributed by atoms with E-state index in [1.165, 1.54) is 17.2 Å². The van der Waals surface area contributed by atoms with Crippen molar-refractivity contribution in [3.05, 3.63) is 33.9 Å². The van der Waals surface area contributed by atoms with Crippen molar-refractivity contribution in [3.8, 4) is 0 Å². The fourth-order valence-corrected chi connectivity index (χ4v) is 1.56. The maximum atomic E-state index is 11.6. The summed E-state index contributed by atoms with van der Waals surface area (Å²) in [6.45, 7) is 2.06. The Hall–Kier alpha value is -3.11. The van der Waals surface area contributed by atoms with E-state index in [4.69, 9.17) is 0 Å². The van der Waals surface area contributed by atoms with Crippen LogP contribution in [0.25, 0.3) is 0 Å². The SMILES string of the molecule is Cc1c(/C=N\NC(=O)CCn2cnc([N+](=O)[O-])n2)cnn1C. The summed E-state index contributed by atoms with van der Waals surface area (Å²) in [5.74, 6) is -0.832. The topological polar surface area (TPSA) is 133 Å². The molecule has 11 heteroatoms. The Bertz CT molecular complexity index is 717. The molecule has 0 atom stereocenters. The van der Waals surface area contributed by atoms with Crippen LogP contribution in [0.2, 0.25) is 0 Å². The fourth-order valence-electron chi connectivity index (χ4n) is 1.56. The number of nitrogens with one attached hydrogen (secondary N) is 1. The zero-order valence-electron chi connectivity index (χ0n) is 12.0. The van der Waals surface area contributed by atoms with E-state index in [1.807, 2.05) is 14.0 Å². The molecule has 0 saturated heterocycles. The Morgan fingerprint density at radius 3 is 2.95 bits per heavy atom. The van der Waals surface area contributed by atoms with Gasteiger partial charge in [-0.15, -0.1) is 0 Å². The molecule has 0 aliphatic carbocycles. The van der Waals surface area contributed by atoms with Crippen molar-refractivity contribution in [1.29, 1.82) is 0 Å². The van der Waals surface area contributed by atoms with Crippen LogP contribution in [-0.4, -0.2) is 41.6 Å². The number of aromatic nitrogens is 5. The molecule has 0 aromatic carbocycles. The smallest absolute Gasteiger partial charge is 0.390 e. The van der Waals surface area contributed by atoms with Crippen molar-refractivity contribution in [2.75, 3.05) is 0 Å². The van der Waals surface area contributed by atoms with Gasteiger partial charge in [0.2, 0.25) is 12.2 Å². The summed E-state index contributed by atoms with van der Waals surface area (Å²) in [6, 6.07) is 0. The molecule has 2 aromatic rings. The third-order valence-corrected chi connectivity index (χ3v) is 2.92. The second-order valence-corrected chi connectivity index (χ2v) is 4.42. The van der Waals surface area contributed by atoms with Gasteiger partial charge in [0.05, 0.1) is 19.0 Å². The summed E-state index contributed by atoms with van der Waals surface area (Å²) in [4.78, 5) is 24.8. The van der Waals surface area contributed by atoms with Crippen molar-refractivity contribution in [2.45, 2.75) is 19.9 Å². The molecule has 2 rings (SSSR count). The Kier molecular flexibility index (Phi) is 4.56. The molecule has 1 N–H and O–H groups in total. The highest BCUT2D eigenvalue weighted by Crippen LogP contribution is 2.02. The first kappa shape index (κ1) is 15.3. The van der Waals surface area contributed by atoms with E-state index in [-0.39, 0.29) is 18.9 Å². The fraction of sp³-hybridized carbons (Fsp3) is 0.364. The molecule has 0 unspecified atom stereocenters. The molecule has 0 saturated carbocycles. The van der Waals surface area contributed by atoms with Crippen molar-refractivity contribution >= 4 is 18.1 Å². The minimum atomic E-state index is -0.697. The lowest BCUT2D eigenvalue weighted by Crippen LogP contribution is -2.19. The molecule has 0 bridgehead atoms. The molecule has 0 aliphatic heterocycles. The minimum Gasteiger partial charge on any atom is -0.390 e. The third-order valence-electron chi connectivity index (χ3n) is 2.92.